The average molecular weight is 545 g/mol. The first kappa shape index (κ1) is 27.8. The van der Waals surface area contributed by atoms with Crippen molar-refractivity contribution in [3.8, 4) is 0 Å². The third kappa shape index (κ3) is 7.28. The SMILES string of the molecule is CCSO[C@@H]1O[C@@H](C)[C@H](OCc2ccccc2)[C@@H](OCc2ccccc2)[C@H]1OCc1cccc2ccccc12. The van der Waals surface area contributed by atoms with Gasteiger partial charge in [-0.1, -0.05) is 110 Å². The molecular formula is C33H36O5S. The summed E-state index contributed by atoms with van der Waals surface area (Å²) in [6.45, 7) is 5.36. The lowest BCUT2D eigenvalue weighted by atomic mass is 9.98. The molecule has 5 nitrogen and oxygen atoms in total. The maximum Gasteiger partial charge on any atom is 0.199 e. The van der Waals surface area contributed by atoms with Crippen LogP contribution in [0, 0.1) is 0 Å². The van der Waals surface area contributed by atoms with E-state index in [2.05, 4.69) is 73.7 Å². The molecule has 0 saturated carbocycles. The van der Waals surface area contributed by atoms with Crippen LogP contribution in [0.25, 0.3) is 10.8 Å². The van der Waals surface area contributed by atoms with Crippen LogP contribution in [0.5, 0.6) is 0 Å². The number of hydrogen-bond acceptors (Lipinski definition) is 6. The van der Waals surface area contributed by atoms with Crippen LogP contribution in [0.1, 0.15) is 30.5 Å². The van der Waals surface area contributed by atoms with Gasteiger partial charge in [0.2, 0.25) is 0 Å². The molecule has 0 aliphatic carbocycles. The number of ether oxygens (including phenoxy) is 4. The van der Waals surface area contributed by atoms with Crippen molar-refractivity contribution >= 4 is 22.8 Å². The van der Waals surface area contributed by atoms with Crippen molar-refractivity contribution in [3.05, 3.63) is 120 Å². The Balaban J connectivity index is 1.41. The molecule has 4 aromatic rings. The molecule has 0 spiro atoms. The van der Waals surface area contributed by atoms with Crippen molar-refractivity contribution in [2.45, 2.75) is 64.4 Å². The fraction of sp³-hybridized carbons (Fsp3) is 0.333. The van der Waals surface area contributed by atoms with Gasteiger partial charge in [-0.05, 0) is 46.4 Å². The second-order valence-corrected chi connectivity index (χ2v) is 10.7. The summed E-state index contributed by atoms with van der Waals surface area (Å²) in [4.78, 5) is 0. The lowest BCUT2D eigenvalue weighted by Crippen LogP contribution is -2.59. The van der Waals surface area contributed by atoms with Gasteiger partial charge in [0.05, 0.1) is 25.9 Å². The first-order chi connectivity index (χ1) is 19.2. The normalized spacial score (nSPS) is 23.2. The zero-order valence-electron chi connectivity index (χ0n) is 22.5. The van der Waals surface area contributed by atoms with Crippen molar-refractivity contribution in [2.75, 3.05) is 5.75 Å². The Kier molecular flexibility index (Phi) is 10.1. The van der Waals surface area contributed by atoms with E-state index in [9.17, 15) is 0 Å². The molecule has 39 heavy (non-hydrogen) atoms. The molecular weight excluding hydrogens is 508 g/mol. The van der Waals surface area contributed by atoms with Crippen LogP contribution in [-0.4, -0.2) is 36.5 Å². The number of benzene rings is 4. The van der Waals surface area contributed by atoms with E-state index in [1.54, 1.807) is 0 Å². The van der Waals surface area contributed by atoms with Crippen LogP contribution < -0.4 is 0 Å². The van der Waals surface area contributed by atoms with Gasteiger partial charge in [0.25, 0.3) is 0 Å². The maximum atomic E-state index is 6.65. The molecule has 1 aliphatic rings. The summed E-state index contributed by atoms with van der Waals surface area (Å²) in [5.41, 5.74) is 3.29. The predicted octanol–water partition coefficient (Wildman–Crippen LogP) is 7.33. The molecule has 4 aromatic carbocycles. The Bertz CT molecular complexity index is 1280. The molecule has 1 saturated heterocycles. The van der Waals surface area contributed by atoms with Crippen molar-refractivity contribution in [2.24, 2.45) is 0 Å². The Morgan fingerprint density at radius 3 is 1.92 bits per heavy atom. The van der Waals surface area contributed by atoms with Gasteiger partial charge in [-0.25, -0.2) is 0 Å². The van der Waals surface area contributed by atoms with E-state index in [1.807, 2.05) is 43.3 Å². The summed E-state index contributed by atoms with van der Waals surface area (Å²) in [5.74, 6) is 0.799. The van der Waals surface area contributed by atoms with E-state index in [0.717, 1.165) is 22.4 Å². The lowest BCUT2D eigenvalue weighted by molar-refractivity contribution is -0.298. The lowest BCUT2D eigenvalue weighted by Gasteiger charge is -2.44. The highest BCUT2D eigenvalue weighted by molar-refractivity contribution is 7.94. The molecule has 0 bridgehead atoms. The summed E-state index contributed by atoms with van der Waals surface area (Å²) >= 11 is 1.37. The first-order valence-corrected chi connectivity index (χ1v) is 14.5. The molecule has 204 valence electrons. The summed E-state index contributed by atoms with van der Waals surface area (Å²) < 4.78 is 32.3. The Hall–Kier alpha value is -2.71. The van der Waals surface area contributed by atoms with Crippen molar-refractivity contribution in [3.63, 3.8) is 0 Å². The average Bonchev–Trinajstić information content (AvgIpc) is 2.98. The van der Waals surface area contributed by atoms with E-state index >= 15 is 0 Å². The van der Waals surface area contributed by atoms with Gasteiger partial charge in [0.1, 0.15) is 18.3 Å². The van der Waals surface area contributed by atoms with Gasteiger partial charge in [0.15, 0.2) is 6.29 Å². The third-order valence-electron chi connectivity index (χ3n) is 6.89. The monoisotopic (exact) mass is 544 g/mol. The largest absolute Gasteiger partial charge is 0.368 e. The first-order valence-electron chi connectivity index (χ1n) is 13.6. The molecule has 1 heterocycles. The van der Waals surface area contributed by atoms with Gasteiger partial charge in [-0.15, -0.1) is 0 Å². The van der Waals surface area contributed by atoms with Crippen molar-refractivity contribution < 1.29 is 23.1 Å². The van der Waals surface area contributed by atoms with Crippen LogP contribution >= 0.6 is 12.0 Å². The molecule has 1 fully saturated rings. The quantitative estimate of drug-likeness (QED) is 0.174. The van der Waals surface area contributed by atoms with Crippen LogP contribution in [-0.2, 0) is 43.0 Å². The smallest absolute Gasteiger partial charge is 0.199 e. The summed E-state index contributed by atoms with van der Waals surface area (Å²) in [5, 5.41) is 2.35. The number of hydrogen-bond donors (Lipinski definition) is 0. The summed E-state index contributed by atoms with van der Waals surface area (Å²) in [7, 11) is 0. The predicted molar refractivity (Wildman–Crippen MR) is 156 cm³/mol. The van der Waals surface area contributed by atoms with E-state index < -0.39 is 18.5 Å². The molecule has 6 heteroatoms. The van der Waals surface area contributed by atoms with Crippen molar-refractivity contribution in [1.29, 1.82) is 0 Å². The minimum absolute atomic E-state index is 0.255. The van der Waals surface area contributed by atoms with E-state index in [4.69, 9.17) is 23.1 Å². The fourth-order valence-corrected chi connectivity index (χ4v) is 5.34. The van der Waals surface area contributed by atoms with Crippen LogP contribution in [0.4, 0.5) is 0 Å². The molecule has 0 unspecified atom stereocenters. The molecule has 5 rings (SSSR count). The topological polar surface area (TPSA) is 46.2 Å². The van der Waals surface area contributed by atoms with E-state index in [-0.39, 0.29) is 12.2 Å². The molecule has 0 aromatic heterocycles. The fourth-order valence-electron chi connectivity index (χ4n) is 4.92. The number of rotatable bonds is 12. The maximum absolute atomic E-state index is 6.65. The molecule has 0 N–H and O–H groups in total. The van der Waals surface area contributed by atoms with Crippen LogP contribution in [0.15, 0.2) is 103 Å². The standard InChI is InChI=1S/C33H36O5S/c1-3-39-38-33-32(36-23-28-19-12-18-27-17-10-11-20-29(27)28)31(35-22-26-15-8-5-9-16-26)30(24(2)37-33)34-21-25-13-6-4-7-14-25/h4-20,24,30-33H,3,21-23H2,1-2H3/t24-,30-,31+,32+,33-/m0/s1. The summed E-state index contributed by atoms with van der Waals surface area (Å²) in [6.07, 6.45) is -2.11. The number of fused-ring (bicyclic) bond motifs is 1. The molecule has 1 aliphatic heterocycles. The second-order valence-electron chi connectivity index (χ2n) is 9.65. The van der Waals surface area contributed by atoms with Crippen LogP contribution in [0.2, 0.25) is 0 Å². The highest BCUT2D eigenvalue weighted by Gasteiger charge is 2.47. The highest BCUT2D eigenvalue weighted by atomic mass is 32.2. The van der Waals surface area contributed by atoms with Gasteiger partial charge in [-0.3, -0.25) is 4.18 Å². The Morgan fingerprint density at radius 1 is 0.641 bits per heavy atom. The van der Waals surface area contributed by atoms with E-state index in [1.165, 1.54) is 22.8 Å². The zero-order valence-corrected chi connectivity index (χ0v) is 23.3. The Labute approximate surface area is 235 Å². The van der Waals surface area contributed by atoms with Gasteiger partial charge in [-0.2, -0.15) is 0 Å². The minimum atomic E-state index is -0.600. The van der Waals surface area contributed by atoms with Crippen LogP contribution in [0.3, 0.4) is 0 Å². The molecule has 0 radical (unpaired) electrons. The van der Waals surface area contributed by atoms with E-state index in [0.29, 0.717) is 19.8 Å². The minimum Gasteiger partial charge on any atom is -0.368 e. The third-order valence-corrected chi connectivity index (χ3v) is 7.45. The zero-order chi connectivity index (χ0) is 26.9. The van der Waals surface area contributed by atoms with Gasteiger partial charge >= 0.3 is 0 Å². The van der Waals surface area contributed by atoms with Gasteiger partial charge < -0.3 is 18.9 Å². The van der Waals surface area contributed by atoms with Crippen molar-refractivity contribution in [1.82, 2.24) is 0 Å². The summed E-state index contributed by atoms with van der Waals surface area (Å²) in [6, 6.07) is 35.0. The highest BCUT2D eigenvalue weighted by Crippen LogP contribution is 2.33. The molecule has 0 amide bonds. The Morgan fingerprint density at radius 2 is 1.23 bits per heavy atom. The van der Waals surface area contributed by atoms with Gasteiger partial charge in [0, 0.05) is 5.75 Å². The molecule has 5 atom stereocenters. The second kappa shape index (κ2) is 14.1.